The molecule has 2 aromatic carbocycles. The van der Waals surface area contributed by atoms with Gasteiger partial charge in [0.25, 0.3) is 23.6 Å². The van der Waals surface area contributed by atoms with Crippen LogP contribution in [0, 0.1) is 0 Å². The Balaban J connectivity index is 0.000000221. The zero-order valence-corrected chi connectivity index (χ0v) is 18.5. The van der Waals surface area contributed by atoms with Crippen molar-refractivity contribution >= 4 is 46.9 Å². The molecule has 186 valence electrons. The summed E-state index contributed by atoms with van der Waals surface area (Å²) in [4.78, 5) is 69.1. The largest absolute Gasteiger partial charge is 0.478 e. The number of benzene rings is 2. The molecule has 2 aliphatic heterocycles. The van der Waals surface area contributed by atoms with Gasteiger partial charge in [-0.2, -0.15) is 0 Å². The van der Waals surface area contributed by atoms with Gasteiger partial charge in [-0.1, -0.05) is 24.3 Å². The standard InChI is InChI=1S/2C11H7NO4.C2H6O2/c2*13-9-5-6-10(14)12(9)8-4-2-1-3-7(8)11(15)16;3-1-2-4/h2*1-6H,(H,15,16);3-4H,1-2H2. The molecule has 36 heavy (non-hydrogen) atoms. The van der Waals surface area contributed by atoms with E-state index >= 15 is 0 Å². The number of carboxylic acid groups (broad SMARTS) is 2. The van der Waals surface area contributed by atoms with E-state index in [1.54, 1.807) is 12.1 Å². The topological polar surface area (TPSA) is 190 Å². The van der Waals surface area contributed by atoms with Crippen molar-refractivity contribution in [1.82, 2.24) is 0 Å². The van der Waals surface area contributed by atoms with Crippen LogP contribution in [-0.4, -0.2) is 69.2 Å². The van der Waals surface area contributed by atoms with Gasteiger partial charge < -0.3 is 20.4 Å². The van der Waals surface area contributed by atoms with E-state index in [1.165, 1.54) is 36.4 Å². The SMILES string of the molecule is O=C(O)c1ccccc1N1C(=O)C=CC1=O.O=C(O)c1ccccc1N1C(=O)C=CC1=O.OCCO. The number of hydrogen-bond acceptors (Lipinski definition) is 8. The van der Waals surface area contributed by atoms with Gasteiger partial charge in [-0.05, 0) is 24.3 Å². The van der Waals surface area contributed by atoms with Gasteiger partial charge in [-0.25, -0.2) is 19.4 Å². The smallest absolute Gasteiger partial charge is 0.337 e. The average Bonchev–Trinajstić information content (AvgIpc) is 3.38. The summed E-state index contributed by atoms with van der Waals surface area (Å²) in [6.07, 6.45) is 4.45. The third-order valence-corrected chi connectivity index (χ3v) is 4.47. The first-order valence-electron chi connectivity index (χ1n) is 10.1. The second-order valence-electron chi connectivity index (χ2n) is 6.78. The zero-order chi connectivity index (χ0) is 26.8. The molecule has 0 fully saturated rings. The molecule has 0 aliphatic carbocycles. The fraction of sp³-hybridized carbons (Fsp3) is 0.0833. The summed E-state index contributed by atoms with van der Waals surface area (Å²) in [5.41, 5.74) is 0.0331. The van der Waals surface area contributed by atoms with Gasteiger partial charge in [0.2, 0.25) is 0 Å². The Morgan fingerprint density at radius 1 is 0.556 bits per heavy atom. The molecule has 12 heteroatoms. The van der Waals surface area contributed by atoms with Crippen molar-refractivity contribution < 1.29 is 49.2 Å². The van der Waals surface area contributed by atoms with Crippen molar-refractivity contribution in [2.24, 2.45) is 0 Å². The first kappa shape index (κ1) is 27.3. The highest BCUT2D eigenvalue weighted by Crippen LogP contribution is 2.24. The number of nitrogens with zero attached hydrogens (tertiary/aromatic N) is 2. The van der Waals surface area contributed by atoms with Crippen molar-refractivity contribution in [3.63, 3.8) is 0 Å². The van der Waals surface area contributed by atoms with E-state index in [2.05, 4.69) is 0 Å². The lowest BCUT2D eigenvalue weighted by molar-refractivity contribution is -0.121. The molecule has 0 aromatic heterocycles. The number of aromatic carboxylic acids is 2. The minimum atomic E-state index is -1.18. The van der Waals surface area contributed by atoms with E-state index in [9.17, 15) is 28.8 Å². The number of rotatable bonds is 5. The molecular formula is C24H20N2O10. The van der Waals surface area contributed by atoms with Crippen LogP contribution >= 0.6 is 0 Å². The van der Waals surface area contributed by atoms with Crippen LogP contribution in [0.15, 0.2) is 72.8 Å². The predicted octanol–water partition coefficient (Wildman–Crippen LogP) is 0.599. The number of imide groups is 2. The summed E-state index contributed by atoms with van der Waals surface area (Å²) < 4.78 is 0. The Kier molecular flexibility index (Phi) is 9.48. The lowest BCUT2D eigenvalue weighted by Gasteiger charge is -2.15. The summed E-state index contributed by atoms with van der Waals surface area (Å²) >= 11 is 0. The maximum Gasteiger partial charge on any atom is 0.337 e. The summed E-state index contributed by atoms with van der Waals surface area (Å²) in [5, 5.41) is 33.1. The molecule has 0 saturated carbocycles. The van der Waals surface area contributed by atoms with Crippen LogP contribution in [0.2, 0.25) is 0 Å². The van der Waals surface area contributed by atoms with Gasteiger partial charge in [0, 0.05) is 24.3 Å². The monoisotopic (exact) mass is 496 g/mol. The number of aliphatic hydroxyl groups excluding tert-OH is 2. The van der Waals surface area contributed by atoms with Gasteiger partial charge in [0.05, 0.1) is 35.7 Å². The lowest BCUT2D eigenvalue weighted by atomic mass is 10.1. The van der Waals surface area contributed by atoms with E-state index < -0.39 is 35.6 Å². The molecule has 4 N–H and O–H groups in total. The Bertz CT molecular complexity index is 1130. The Morgan fingerprint density at radius 2 is 0.833 bits per heavy atom. The number of carboxylic acids is 2. The minimum absolute atomic E-state index is 0.0760. The molecule has 2 aromatic rings. The lowest BCUT2D eigenvalue weighted by Crippen LogP contribution is -2.31. The van der Waals surface area contributed by atoms with Crippen LogP contribution in [0.4, 0.5) is 11.4 Å². The molecule has 0 atom stereocenters. The number of para-hydroxylation sites is 2. The molecule has 0 bridgehead atoms. The number of amides is 4. The number of carbonyl (C=O) groups excluding carboxylic acids is 4. The van der Waals surface area contributed by atoms with Crippen molar-refractivity contribution in [1.29, 1.82) is 0 Å². The predicted molar refractivity (Wildman–Crippen MR) is 124 cm³/mol. The summed E-state index contributed by atoms with van der Waals surface area (Å²) in [7, 11) is 0. The molecule has 0 radical (unpaired) electrons. The molecule has 2 aliphatic rings. The van der Waals surface area contributed by atoms with Crippen LogP contribution in [0.25, 0.3) is 0 Å². The maximum absolute atomic E-state index is 11.4. The van der Waals surface area contributed by atoms with Crippen LogP contribution in [0.1, 0.15) is 20.7 Å². The zero-order valence-electron chi connectivity index (χ0n) is 18.5. The third kappa shape index (κ3) is 6.34. The summed E-state index contributed by atoms with van der Waals surface area (Å²) in [5.74, 6) is -4.47. The highest BCUT2D eigenvalue weighted by molar-refractivity contribution is 6.30. The van der Waals surface area contributed by atoms with Crippen LogP contribution in [0.5, 0.6) is 0 Å². The van der Waals surface area contributed by atoms with E-state index in [4.69, 9.17) is 20.4 Å². The minimum Gasteiger partial charge on any atom is -0.478 e. The second kappa shape index (κ2) is 12.5. The van der Waals surface area contributed by atoms with E-state index in [0.29, 0.717) is 0 Å². The molecule has 12 nitrogen and oxygen atoms in total. The van der Waals surface area contributed by atoms with Gasteiger partial charge in [0.15, 0.2) is 0 Å². The maximum atomic E-state index is 11.4. The second-order valence-corrected chi connectivity index (χ2v) is 6.78. The highest BCUT2D eigenvalue weighted by Gasteiger charge is 2.29. The van der Waals surface area contributed by atoms with Crippen molar-refractivity contribution in [2.45, 2.75) is 0 Å². The first-order valence-corrected chi connectivity index (χ1v) is 10.1. The Labute approximate surface area is 203 Å². The number of hydrogen-bond donors (Lipinski definition) is 4. The fourth-order valence-corrected chi connectivity index (χ4v) is 2.97. The average molecular weight is 496 g/mol. The highest BCUT2D eigenvalue weighted by atomic mass is 16.4. The third-order valence-electron chi connectivity index (χ3n) is 4.47. The first-order chi connectivity index (χ1) is 17.1. The van der Waals surface area contributed by atoms with Gasteiger partial charge in [-0.15, -0.1) is 0 Å². The molecule has 0 saturated heterocycles. The molecule has 4 amide bonds. The number of carbonyl (C=O) groups is 6. The van der Waals surface area contributed by atoms with Crippen LogP contribution < -0.4 is 9.80 Å². The van der Waals surface area contributed by atoms with Gasteiger partial charge in [-0.3, -0.25) is 19.2 Å². The van der Waals surface area contributed by atoms with Crippen molar-refractivity contribution in [2.75, 3.05) is 23.0 Å². The van der Waals surface area contributed by atoms with Gasteiger partial charge in [0.1, 0.15) is 0 Å². The molecule has 4 rings (SSSR count). The van der Waals surface area contributed by atoms with E-state index in [1.807, 2.05) is 0 Å². The Hall–Kier alpha value is -4.94. The summed E-state index contributed by atoms with van der Waals surface area (Å²) in [6.45, 7) is -0.250. The van der Waals surface area contributed by atoms with Gasteiger partial charge >= 0.3 is 11.9 Å². The van der Waals surface area contributed by atoms with Crippen molar-refractivity contribution in [3.8, 4) is 0 Å². The van der Waals surface area contributed by atoms with E-state index in [0.717, 1.165) is 34.1 Å². The van der Waals surface area contributed by atoms with E-state index in [-0.39, 0.29) is 35.7 Å². The summed E-state index contributed by atoms with van der Waals surface area (Å²) in [6, 6.07) is 11.7. The molecule has 0 spiro atoms. The number of anilines is 2. The fourth-order valence-electron chi connectivity index (χ4n) is 2.97. The quantitative estimate of drug-likeness (QED) is 0.426. The Morgan fingerprint density at radius 3 is 1.08 bits per heavy atom. The number of aliphatic hydroxyl groups is 2. The van der Waals surface area contributed by atoms with Crippen LogP contribution in [0.3, 0.4) is 0 Å². The normalized spacial score (nSPS) is 13.8. The van der Waals surface area contributed by atoms with Crippen LogP contribution in [-0.2, 0) is 19.2 Å². The van der Waals surface area contributed by atoms with Crippen molar-refractivity contribution in [3.05, 3.63) is 84.0 Å². The molecule has 0 unspecified atom stereocenters. The molecule has 2 heterocycles. The molecular weight excluding hydrogens is 476 g/mol.